The van der Waals surface area contributed by atoms with Crippen LogP contribution in [0.5, 0.6) is 5.75 Å². The van der Waals surface area contributed by atoms with Gasteiger partial charge in [-0.2, -0.15) is 0 Å². The molecule has 0 amide bonds. The van der Waals surface area contributed by atoms with Crippen LogP contribution in [0.3, 0.4) is 0 Å². The third-order valence-electron chi connectivity index (χ3n) is 3.48. The fraction of sp³-hybridized carbons (Fsp3) is 0.600. The molecule has 1 aliphatic rings. The van der Waals surface area contributed by atoms with Crippen molar-refractivity contribution < 1.29 is 9.47 Å². The maximum Gasteiger partial charge on any atom is 0.124 e. The van der Waals surface area contributed by atoms with Crippen LogP contribution in [-0.4, -0.2) is 43.9 Å². The fourth-order valence-corrected chi connectivity index (χ4v) is 2.25. The van der Waals surface area contributed by atoms with E-state index >= 15 is 0 Å². The van der Waals surface area contributed by atoms with Gasteiger partial charge in [0.1, 0.15) is 5.75 Å². The van der Waals surface area contributed by atoms with Crippen molar-refractivity contribution in [2.24, 2.45) is 5.73 Å². The summed E-state index contributed by atoms with van der Waals surface area (Å²) in [4.78, 5) is 2.43. The SMILES string of the molecule is CC(CCN1CCOCC1)Oc1ccccc1CN. The summed E-state index contributed by atoms with van der Waals surface area (Å²) in [6.07, 6.45) is 1.23. The van der Waals surface area contributed by atoms with E-state index in [-0.39, 0.29) is 6.10 Å². The standard InChI is InChI=1S/C15H24N2O2/c1-13(6-7-17-8-10-18-11-9-17)19-15-5-3-2-4-14(15)12-16/h2-5,13H,6-12,16H2,1H3. The Bertz CT molecular complexity index is 378. The molecule has 4 heteroatoms. The van der Waals surface area contributed by atoms with Gasteiger partial charge < -0.3 is 15.2 Å². The Morgan fingerprint density at radius 3 is 2.79 bits per heavy atom. The molecule has 1 saturated heterocycles. The average Bonchev–Trinajstić information content (AvgIpc) is 2.47. The molecule has 0 radical (unpaired) electrons. The maximum absolute atomic E-state index is 5.99. The third-order valence-corrected chi connectivity index (χ3v) is 3.48. The molecular weight excluding hydrogens is 240 g/mol. The van der Waals surface area contributed by atoms with Gasteiger partial charge in [-0.1, -0.05) is 18.2 Å². The van der Waals surface area contributed by atoms with Crippen LogP contribution in [-0.2, 0) is 11.3 Å². The van der Waals surface area contributed by atoms with E-state index in [0.29, 0.717) is 6.54 Å². The number of hydrogen-bond acceptors (Lipinski definition) is 4. The van der Waals surface area contributed by atoms with Gasteiger partial charge in [0.15, 0.2) is 0 Å². The molecule has 1 aromatic rings. The molecule has 4 nitrogen and oxygen atoms in total. The minimum atomic E-state index is 0.204. The molecule has 0 bridgehead atoms. The van der Waals surface area contributed by atoms with E-state index in [4.69, 9.17) is 15.2 Å². The highest BCUT2D eigenvalue weighted by Crippen LogP contribution is 2.19. The van der Waals surface area contributed by atoms with E-state index in [2.05, 4.69) is 11.8 Å². The van der Waals surface area contributed by atoms with Crippen LogP contribution in [0, 0.1) is 0 Å². The first-order chi connectivity index (χ1) is 9.29. The van der Waals surface area contributed by atoms with Crippen LogP contribution in [0.15, 0.2) is 24.3 Å². The summed E-state index contributed by atoms with van der Waals surface area (Å²) < 4.78 is 11.3. The van der Waals surface area contributed by atoms with E-state index in [1.807, 2.05) is 24.3 Å². The molecule has 19 heavy (non-hydrogen) atoms. The largest absolute Gasteiger partial charge is 0.490 e. The Morgan fingerprint density at radius 1 is 1.32 bits per heavy atom. The van der Waals surface area contributed by atoms with Gasteiger partial charge >= 0.3 is 0 Å². The lowest BCUT2D eigenvalue weighted by molar-refractivity contribution is 0.0326. The summed E-state index contributed by atoms with van der Waals surface area (Å²) in [5.74, 6) is 0.916. The fourth-order valence-electron chi connectivity index (χ4n) is 2.25. The van der Waals surface area contributed by atoms with Crippen molar-refractivity contribution in [3.63, 3.8) is 0 Å². The summed E-state index contributed by atoms with van der Waals surface area (Å²) in [7, 11) is 0. The quantitative estimate of drug-likeness (QED) is 0.848. The van der Waals surface area contributed by atoms with E-state index in [0.717, 1.165) is 50.6 Å². The molecule has 1 aromatic carbocycles. The molecule has 1 fully saturated rings. The first-order valence-electron chi connectivity index (χ1n) is 7.04. The molecule has 2 rings (SSSR count). The van der Waals surface area contributed by atoms with Crippen LogP contribution >= 0.6 is 0 Å². The van der Waals surface area contributed by atoms with Crippen LogP contribution in [0.1, 0.15) is 18.9 Å². The minimum Gasteiger partial charge on any atom is -0.490 e. The predicted molar refractivity (Wildman–Crippen MR) is 76.3 cm³/mol. The highest BCUT2D eigenvalue weighted by atomic mass is 16.5. The van der Waals surface area contributed by atoms with Crippen LogP contribution in [0.25, 0.3) is 0 Å². The lowest BCUT2D eigenvalue weighted by atomic mass is 10.2. The Morgan fingerprint density at radius 2 is 2.05 bits per heavy atom. The molecule has 2 N–H and O–H groups in total. The zero-order chi connectivity index (χ0) is 13.5. The molecule has 1 unspecified atom stereocenters. The summed E-state index contributed by atoms with van der Waals surface area (Å²) >= 11 is 0. The molecule has 1 atom stereocenters. The van der Waals surface area contributed by atoms with Gasteiger partial charge in [0.25, 0.3) is 0 Å². The number of ether oxygens (including phenoxy) is 2. The van der Waals surface area contributed by atoms with Crippen molar-refractivity contribution in [1.29, 1.82) is 0 Å². The van der Waals surface area contributed by atoms with Crippen LogP contribution < -0.4 is 10.5 Å². The summed E-state index contributed by atoms with van der Waals surface area (Å²) in [5, 5.41) is 0. The number of rotatable bonds is 6. The zero-order valence-electron chi connectivity index (χ0n) is 11.7. The second kappa shape index (κ2) is 7.48. The van der Waals surface area contributed by atoms with Gasteiger partial charge in [-0.05, 0) is 19.4 Å². The molecule has 0 saturated carbocycles. The molecule has 106 valence electrons. The van der Waals surface area contributed by atoms with Gasteiger partial charge in [-0.15, -0.1) is 0 Å². The second-order valence-electron chi connectivity index (χ2n) is 4.98. The highest BCUT2D eigenvalue weighted by Gasteiger charge is 2.13. The smallest absolute Gasteiger partial charge is 0.124 e. The zero-order valence-corrected chi connectivity index (χ0v) is 11.7. The lowest BCUT2D eigenvalue weighted by Crippen LogP contribution is -2.38. The van der Waals surface area contributed by atoms with Gasteiger partial charge in [0.2, 0.25) is 0 Å². The summed E-state index contributed by atoms with van der Waals surface area (Å²) in [6.45, 7) is 7.48. The highest BCUT2D eigenvalue weighted by molar-refractivity contribution is 5.33. The number of nitrogens with two attached hydrogens (primary N) is 1. The van der Waals surface area contributed by atoms with E-state index in [1.54, 1.807) is 0 Å². The first kappa shape index (κ1) is 14.3. The van der Waals surface area contributed by atoms with Crippen molar-refractivity contribution in [3.05, 3.63) is 29.8 Å². The van der Waals surface area contributed by atoms with Gasteiger partial charge in [-0.25, -0.2) is 0 Å². The van der Waals surface area contributed by atoms with Crippen LogP contribution in [0.2, 0.25) is 0 Å². The third kappa shape index (κ3) is 4.49. The van der Waals surface area contributed by atoms with Crippen LogP contribution in [0.4, 0.5) is 0 Å². The van der Waals surface area contributed by atoms with E-state index < -0.39 is 0 Å². The molecule has 1 heterocycles. The minimum absolute atomic E-state index is 0.204. The number of nitrogens with zero attached hydrogens (tertiary/aromatic N) is 1. The Labute approximate surface area is 115 Å². The maximum atomic E-state index is 5.99. The number of para-hydroxylation sites is 1. The number of morpholine rings is 1. The van der Waals surface area contributed by atoms with Gasteiger partial charge in [0, 0.05) is 31.7 Å². The molecule has 1 aliphatic heterocycles. The normalized spacial score (nSPS) is 18.2. The first-order valence-corrected chi connectivity index (χ1v) is 7.04. The van der Waals surface area contributed by atoms with Crippen molar-refractivity contribution >= 4 is 0 Å². The topological polar surface area (TPSA) is 47.7 Å². The van der Waals surface area contributed by atoms with Crippen molar-refractivity contribution in [1.82, 2.24) is 4.90 Å². The second-order valence-corrected chi connectivity index (χ2v) is 4.98. The average molecular weight is 264 g/mol. The summed E-state index contributed by atoms with van der Waals surface area (Å²) in [6, 6.07) is 7.99. The molecule has 0 aromatic heterocycles. The molecule has 0 spiro atoms. The monoisotopic (exact) mass is 264 g/mol. The Hall–Kier alpha value is -1.10. The summed E-state index contributed by atoms with van der Waals surface area (Å²) in [5.41, 5.74) is 6.79. The van der Waals surface area contributed by atoms with E-state index in [9.17, 15) is 0 Å². The Balaban J connectivity index is 1.78. The number of hydrogen-bond donors (Lipinski definition) is 1. The van der Waals surface area contributed by atoms with Crippen molar-refractivity contribution in [2.75, 3.05) is 32.8 Å². The van der Waals surface area contributed by atoms with Crippen molar-refractivity contribution in [2.45, 2.75) is 26.0 Å². The molecular formula is C15H24N2O2. The van der Waals surface area contributed by atoms with E-state index in [1.165, 1.54) is 0 Å². The van der Waals surface area contributed by atoms with Crippen molar-refractivity contribution in [3.8, 4) is 5.75 Å². The predicted octanol–water partition coefficient (Wildman–Crippen LogP) is 1.63. The number of benzene rings is 1. The Kier molecular flexibility index (Phi) is 5.63. The van der Waals surface area contributed by atoms with Gasteiger partial charge in [0.05, 0.1) is 19.3 Å². The molecule has 0 aliphatic carbocycles. The lowest BCUT2D eigenvalue weighted by Gasteiger charge is -2.27. The van der Waals surface area contributed by atoms with Gasteiger partial charge in [-0.3, -0.25) is 4.90 Å².